The number of carbonyl (C=O) groups excluding carboxylic acids is 1. The molecule has 1 saturated carbocycles. The molecule has 0 spiro atoms. The number of hydrogen-bond acceptors (Lipinski definition) is 2. The maximum absolute atomic E-state index is 13.2. The van der Waals surface area contributed by atoms with Gasteiger partial charge in [0.1, 0.15) is 11.6 Å². The van der Waals surface area contributed by atoms with E-state index in [4.69, 9.17) is 5.73 Å². The molecule has 2 nitrogen and oxygen atoms in total. The number of halogens is 2. The second-order valence-electron chi connectivity index (χ2n) is 4.98. The molecule has 0 bridgehead atoms. The van der Waals surface area contributed by atoms with Crippen LogP contribution in [0.4, 0.5) is 4.39 Å². The molecule has 0 saturated heterocycles. The van der Waals surface area contributed by atoms with E-state index in [9.17, 15) is 9.18 Å². The van der Waals surface area contributed by atoms with Crippen LogP contribution in [0, 0.1) is 11.7 Å². The first-order chi connectivity index (χ1) is 8.56. The molecule has 1 fully saturated rings. The van der Waals surface area contributed by atoms with Gasteiger partial charge in [-0.25, -0.2) is 4.39 Å². The van der Waals surface area contributed by atoms with Gasteiger partial charge in [0.05, 0.1) is 0 Å². The summed E-state index contributed by atoms with van der Waals surface area (Å²) in [5.41, 5.74) is 6.70. The SMILES string of the molecule is NC1CCCCC1C(=O)Cc1cc(F)cc(Br)c1. The third-order valence-corrected chi connectivity index (χ3v) is 3.99. The van der Waals surface area contributed by atoms with Crippen molar-refractivity contribution in [2.45, 2.75) is 38.1 Å². The Morgan fingerprint density at radius 2 is 2.06 bits per heavy atom. The number of ketones is 1. The molecule has 2 N–H and O–H groups in total. The fraction of sp³-hybridized carbons (Fsp3) is 0.500. The van der Waals surface area contributed by atoms with Gasteiger partial charge >= 0.3 is 0 Å². The Balaban J connectivity index is 2.06. The van der Waals surface area contributed by atoms with E-state index in [-0.39, 0.29) is 30.0 Å². The predicted molar refractivity (Wildman–Crippen MR) is 72.7 cm³/mol. The van der Waals surface area contributed by atoms with Crippen LogP contribution in [0.3, 0.4) is 0 Å². The van der Waals surface area contributed by atoms with Crippen molar-refractivity contribution < 1.29 is 9.18 Å². The molecule has 0 heterocycles. The van der Waals surface area contributed by atoms with Gasteiger partial charge in [-0.05, 0) is 36.6 Å². The Bertz CT molecular complexity index is 429. The zero-order valence-corrected chi connectivity index (χ0v) is 11.7. The molecular weight excluding hydrogens is 297 g/mol. The van der Waals surface area contributed by atoms with Gasteiger partial charge in [-0.3, -0.25) is 4.79 Å². The van der Waals surface area contributed by atoms with Crippen molar-refractivity contribution in [3.8, 4) is 0 Å². The summed E-state index contributed by atoms with van der Waals surface area (Å²) in [7, 11) is 0. The molecule has 18 heavy (non-hydrogen) atoms. The predicted octanol–water partition coefficient (Wildman–Crippen LogP) is 3.22. The molecule has 0 radical (unpaired) electrons. The molecule has 2 rings (SSSR count). The van der Waals surface area contributed by atoms with E-state index < -0.39 is 0 Å². The van der Waals surface area contributed by atoms with Gasteiger partial charge < -0.3 is 5.73 Å². The number of nitrogens with two attached hydrogens (primary N) is 1. The van der Waals surface area contributed by atoms with Crippen LogP contribution in [-0.4, -0.2) is 11.8 Å². The highest BCUT2D eigenvalue weighted by atomic mass is 79.9. The third kappa shape index (κ3) is 3.39. The number of carbonyl (C=O) groups is 1. The number of rotatable bonds is 3. The molecule has 4 heteroatoms. The van der Waals surface area contributed by atoms with E-state index in [1.807, 2.05) is 0 Å². The van der Waals surface area contributed by atoms with Crippen LogP contribution in [0.15, 0.2) is 22.7 Å². The van der Waals surface area contributed by atoms with Crippen molar-refractivity contribution >= 4 is 21.7 Å². The fourth-order valence-electron chi connectivity index (χ4n) is 2.60. The molecule has 98 valence electrons. The smallest absolute Gasteiger partial charge is 0.141 e. The first-order valence-corrected chi connectivity index (χ1v) is 7.09. The van der Waals surface area contributed by atoms with E-state index >= 15 is 0 Å². The molecule has 1 aliphatic carbocycles. The number of benzene rings is 1. The molecule has 1 aromatic carbocycles. The van der Waals surface area contributed by atoms with Crippen molar-refractivity contribution in [2.75, 3.05) is 0 Å². The lowest BCUT2D eigenvalue weighted by Crippen LogP contribution is -2.38. The molecule has 0 aromatic heterocycles. The number of Topliss-reactive ketones (excluding diaryl/α,β-unsaturated/α-hetero) is 1. The zero-order chi connectivity index (χ0) is 13.1. The van der Waals surface area contributed by atoms with Crippen molar-refractivity contribution in [1.82, 2.24) is 0 Å². The third-order valence-electron chi connectivity index (χ3n) is 3.53. The summed E-state index contributed by atoms with van der Waals surface area (Å²) in [4.78, 5) is 12.2. The van der Waals surface area contributed by atoms with Gasteiger partial charge in [-0.2, -0.15) is 0 Å². The van der Waals surface area contributed by atoms with E-state index in [1.54, 1.807) is 6.07 Å². The zero-order valence-electron chi connectivity index (χ0n) is 10.2. The molecule has 0 amide bonds. The van der Waals surface area contributed by atoms with Gasteiger partial charge in [-0.1, -0.05) is 28.8 Å². The number of hydrogen-bond donors (Lipinski definition) is 1. The Kier molecular flexibility index (Phi) is 4.51. The normalized spacial score (nSPS) is 23.9. The van der Waals surface area contributed by atoms with Crippen molar-refractivity contribution in [3.63, 3.8) is 0 Å². The summed E-state index contributed by atoms with van der Waals surface area (Å²) in [6.45, 7) is 0. The average molecular weight is 314 g/mol. The summed E-state index contributed by atoms with van der Waals surface area (Å²) in [6.07, 6.45) is 4.24. The van der Waals surface area contributed by atoms with Crippen LogP contribution >= 0.6 is 15.9 Å². The highest BCUT2D eigenvalue weighted by molar-refractivity contribution is 9.10. The second kappa shape index (κ2) is 5.93. The molecule has 1 aromatic rings. The van der Waals surface area contributed by atoms with Crippen molar-refractivity contribution in [3.05, 3.63) is 34.1 Å². The monoisotopic (exact) mass is 313 g/mol. The summed E-state index contributed by atoms with van der Waals surface area (Å²) in [5, 5.41) is 0. The Labute approximate surface area is 115 Å². The van der Waals surface area contributed by atoms with E-state index in [1.165, 1.54) is 12.1 Å². The minimum absolute atomic E-state index is 0.0248. The quantitative estimate of drug-likeness (QED) is 0.931. The Morgan fingerprint density at radius 3 is 2.72 bits per heavy atom. The molecular formula is C14H17BrFNO. The second-order valence-corrected chi connectivity index (χ2v) is 5.89. The minimum atomic E-state index is -0.319. The highest BCUT2D eigenvalue weighted by Gasteiger charge is 2.27. The first kappa shape index (κ1) is 13.7. The van der Waals surface area contributed by atoms with Crippen LogP contribution in [0.25, 0.3) is 0 Å². The maximum atomic E-state index is 13.2. The van der Waals surface area contributed by atoms with Crippen LogP contribution in [0.2, 0.25) is 0 Å². The van der Waals surface area contributed by atoms with Crippen LogP contribution in [0.1, 0.15) is 31.2 Å². The lowest BCUT2D eigenvalue weighted by molar-refractivity contribution is -0.123. The van der Waals surface area contributed by atoms with Gasteiger partial charge in [0, 0.05) is 22.9 Å². The summed E-state index contributed by atoms with van der Waals surface area (Å²) in [5.74, 6) is -0.236. The van der Waals surface area contributed by atoms with Crippen LogP contribution < -0.4 is 5.73 Å². The maximum Gasteiger partial charge on any atom is 0.141 e. The van der Waals surface area contributed by atoms with Crippen molar-refractivity contribution in [2.24, 2.45) is 11.7 Å². The Morgan fingerprint density at radius 1 is 1.33 bits per heavy atom. The van der Waals surface area contributed by atoms with Gasteiger partial charge in [0.15, 0.2) is 0 Å². The van der Waals surface area contributed by atoms with Crippen molar-refractivity contribution in [1.29, 1.82) is 0 Å². The average Bonchev–Trinajstić information content (AvgIpc) is 2.27. The van der Waals surface area contributed by atoms with Crippen LogP contribution in [0.5, 0.6) is 0 Å². The minimum Gasteiger partial charge on any atom is -0.327 e. The lowest BCUT2D eigenvalue weighted by atomic mass is 9.81. The standard InChI is InChI=1S/C14H17BrFNO/c15-10-5-9(6-11(16)8-10)7-14(18)12-3-1-2-4-13(12)17/h5-6,8,12-13H,1-4,7,17H2. The molecule has 1 aliphatic rings. The molecule has 2 atom stereocenters. The molecule has 0 aliphatic heterocycles. The summed E-state index contributed by atoms with van der Waals surface area (Å²) in [6, 6.07) is 4.57. The fourth-order valence-corrected chi connectivity index (χ4v) is 3.12. The molecule has 2 unspecified atom stereocenters. The summed E-state index contributed by atoms with van der Waals surface area (Å²) >= 11 is 3.23. The van der Waals surface area contributed by atoms with Gasteiger partial charge in [-0.15, -0.1) is 0 Å². The largest absolute Gasteiger partial charge is 0.327 e. The summed E-state index contributed by atoms with van der Waals surface area (Å²) < 4.78 is 13.9. The van der Waals surface area contributed by atoms with Crippen LogP contribution in [-0.2, 0) is 11.2 Å². The van der Waals surface area contributed by atoms with Gasteiger partial charge in [0.25, 0.3) is 0 Å². The van der Waals surface area contributed by atoms with Gasteiger partial charge in [0.2, 0.25) is 0 Å². The van der Waals surface area contributed by atoms with E-state index in [0.717, 1.165) is 25.7 Å². The van der Waals surface area contributed by atoms with E-state index in [0.29, 0.717) is 10.0 Å². The first-order valence-electron chi connectivity index (χ1n) is 6.29. The Hall–Kier alpha value is -0.740. The van der Waals surface area contributed by atoms with E-state index in [2.05, 4.69) is 15.9 Å². The topological polar surface area (TPSA) is 43.1 Å². The highest BCUT2D eigenvalue weighted by Crippen LogP contribution is 2.25. The lowest BCUT2D eigenvalue weighted by Gasteiger charge is -2.27.